The molecule has 0 amide bonds. The van der Waals surface area contributed by atoms with Crippen LogP contribution in [0.1, 0.15) is 22.8 Å². The molecule has 0 bridgehead atoms. The van der Waals surface area contributed by atoms with Gasteiger partial charge in [-0.1, -0.05) is 0 Å². The Morgan fingerprint density at radius 1 is 1.31 bits per heavy atom. The van der Waals surface area contributed by atoms with Crippen LogP contribution in [0.3, 0.4) is 0 Å². The molecule has 0 saturated carbocycles. The number of rotatable bonds is 4. The number of hydrogen-bond acceptors (Lipinski definition) is 2. The first-order valence-electron chi connectivity index (χ1n) is 5.38. The van der Waals surface area contributed by atoms with Gasteiger partial charge in [0.2, 0.25) is 0 Å². The molecule has 0 aliphatic carbocycles. The van der Waals surface area contributed by atoms with Gasteiger partial charge < -0.3 is 0 Å². The molecule has 2 nitrogen and oxygen atoms in total. The molecule has 1 aromatic carbocycles. The number of ether oxygens (including phenoxy) is 1. The third-order valence-corrected chi connectivity index (χ3v) is 8.34. The summed E-state index contributed by atoms with van der Waals surface area (Å²) in [6.07, 6.45) is 1.14. The normalized spacial score (nSPS) is 12.6. The predicted molar refractivity (Wildman–Crippen MR) is 68.4 cm³/mol. The van der Waals surface area contributed by atoms with Crippen molar-refractivity contribution >= 4 is 26.2 Å². The first-order chi connectivity index (χ1) is 7.54. The summed E-state index contributed by atoms with van der Waals surface area (Å²) in [7, 11) is 1.41. The Morgan fingerprint density at radius 3 is 2.31 bits per heavy atom. The van der Waals surface area contributed by atoms with E-state index in [1.807, 2.05) is 24.3 Å². The summed E-state index contributed by atoms with van der Waals surface area (Å²) in [5, 5.41) is 0. The van der Waals surface area contributed by atoms with E-state index in [0.717, 1.165) is 10.3 Å². The zero-order chi connectivity index (χ0) is 12.1. The number of methoxy groups -OCH3 is 1. The summed E-state index contributed by atoms with van der Waals surface area (Å²) in [6.45, 7) is 2.33. The summed E-state index contributed by atoms with van der Waals surface area (Å²) < 4.78 is 5.51. The van der Waals surface area contributed by atoms with E-state index in [0.29, 0.717) is 5.56 Å². The average molecular weight is 329 g/mol. The van der Waals surface area contributed by atoms with Crippen LogP contribution in [0.2, 0.25) is 13.6 Å². The van der Waals surface area contributed by atoms with Crippen LogP contribution < -0.4 is 0 Å². The van der Waals surface area contributed by atoms with Crippen molar-refractivity contribution in [2.75, 3.05) is 7.11 Å². The third-order valence-electron chi connectivity index (χ3n) is 2.79. The van der Waals surface area contributed by atoms with Crippen molar-refractivity contribution in [1.82, 2.24) is 0 Å². The molecule has 0 fully saturated rings. The quantitative estimate of drug-likeness (QED) is 0.627. The molecule has 3 heteroatoms. The predicted octanol–water partition coefficient (Wildman–Crippen LogP) is 3.16. The van der Waals surface area contributed by atoms with Gasteiger partial charge in [0, 0.05) is 0 Å². The van der Waals surface area contributed by atoms with E-state index in [2.05, 4.69) is 21.4 Å². The first-order valence-corrected chi connectivity index (χ1v) is 12.0. The van der Waals surface area contributed by atoms with E-state index in [1.54, 1.807) is 0 Å². The Morgan fingerprint density at radius 2 is 1.88 bits per heavy atom. The molecule has 88 valence electrons. The Bertz CT molecular complexity index is 343. The minimum absolute atomic E-state index is 0.263. The van der Waals surface area contributed by atoms with Gasteiger partial charge >= 0.3 is 105 Å². The van der Waals surface area contributed by atoms with Crippen LogP contribution in [0, 0.1) is 0 Å². The Kier molecular flexibility index (Phi) is 5.34. The molecular weight excluding hydrogens is 310 g/mol. The maximum absolute atomic E-state index is 11.2. The number of carbonyl (C=O) groups excluding carboxylic acids is 1. The van der Waals surface area contributed by atoms with Crippen molar-refractivity contribution in [3.8, 4) is 0 Å². The van der Waals surface area contributed by atoms with Gasteiger partial charge in [0.15, 0.2) is 0 Å². The summed E-state index contributed by atoms with van der Waals surface area (Å²) >= 11 is -0.963. The van der Waals surface area contributed by atoms with Crippen LogP contribution >= 0.6 is 0 Å². The fourth-order valence-corrected chi connectivity index (χ4v) is 3.06. The second-order valence-electron chi connectivity index (χ2n) is 4.21. The third kappa shape index (κ3) is 3.82. The van der Waals surface area contributed by atoms with Gasteiger partial charge in [0.1, 0.15) is 0 Å². The van der Waals surface area contributed by atoms with Crippen LogP contribution in [0.5, 0.6) is 0 Å². The van der Waals surface area contributed by atoms with Crippen LogP contribution in [0.15, 0.2) is 24.3 Å². The van der Waals surface area contributed by atoms with Crippen molar-refractivity contribution in [2.24, 2.45) is 0 Å². The molecule has 1 aromatic rings. The molecule has 0 aliphatic rings. The second kappa shape index (κ2) is 6.29. The van der Waals surface area contributed by atoms with Gasteiger partial charge in [0.05, 0.1) is 0 Å². The van der Waals surface area contributed by atoms with Crippen molar-refractivity contribution in [2.45, 2.75) is 26.9 Å². The van der Waals surface area contributed by atoms with E-state index in [-0.39, 0.29) is 5.97 Å². The van der Waals surface area contributed by atoms with Gasteiger partial charge in [0.25, 0.3) is 0 Å². The molecule has 1 atom stereocenters. The van der Waals surface area contributed by atoms with Gasteiger partial charge in [-0.2, -0.15) is 0 Å². The molecule has 0 saturated heterocycles. The molecule has 0 aromatic heterocycles. The van der Waals surface area contributed by atoms with E-state index in [9.17, 15) is 4.79 Å². The number of hydrogen-bond donors (Lipinski definition) is 0. The molecule has 0 heterocycles. The standard InChI is InChI=1S/C11H13O2.2CH3.Sb/c1-3-4-9-5-7-10(8-6-9)11(12)13-2;;;/h3,5-8H,4H2,1-2H3;2*1H3;. The molecule has 1 unspecified atom stereocenters. The molecule has 0 radical (unpaired) electrons. The number of benzene rings is 1. The van der Waals surface area contributed by atoms with E-state index in [4.69, 9.17) is 0 Å². The topological polar surface area (TPSA) is 26.3 Å². The summed E-state index contributed by atoms with van der Waals surface area (Å²) in [6, 6.07) is 7.76. The van der Waals surface area contributed by atoms with E-state index < -0.39 is 20.2 Å². The van der Waals surface area contributed by atoms with Crippen molar-refractivity contribution < 1.29 is 9.53 Å². The summed E-state index contributed by atoms with van der Waals surface area (Å²) in [5.74, 6) is -0.263. The van der Waals surface area contributed by atoms with Crippen molar-refractivity contribution in [3.63, 3.8) is 0 Å². The zero-order valence-corrected chi connectivity index (χ0v) is 12.9. The van der Waals surface area contributed by atoms with Gasteiger partial charge in [-0.3, -0.25) is 0 Å². The summed E-state index contributed by atoms with van der Waals surface area (Å²) in [5.41, 5.74) is 1.95. The van der Waals surface area contributed by atoms with Gasteiger partial charge in [-0.15, -0.1) is 0 Å². The van der Waals surface area contributed by atoms with Crippen LogP contribution in [-0.4, -0.2) is 33.3 Å². The molecule has 0 spiro atoms. The Labute approximate surface area is 105 Å². The van der Waals surface area contributed by atoms with Crippen LogP contribution in [0.4, 0.5) is 0 Å². The SMILES string of the molecule is COC(=O)c1ccc(C[CH](C)[Sb]([CH3])[CH3])cc1. The number of esters is 1. The van der Waals surface area contributed by atoms with Crippen molar-refractivity contribution in [1.29, 1.82) is 0 Å². The number of carbonyl (C=O) groups is 1. The Hall–Kier alpha value is -0.492. The zero-order valence-electron chi connectivity index (χ0n) is 10.4. The fourth-order valence-electron chi connectivity index (χ4n) is 1.42. The molecule has 0 N–H and O–H groups in total. The molecule has 0 aliphatic heterocycles. The summed E-state index contributed by atoms with van der Waals surface area (Å²) in [4.78, 5) is 16.1. The molecule has 16 heavy (non-hydrogen) atoms. The Balaban J connectivity index is 2.68. The second-order valence-corrected chi connectivity index (χ2v) is 12.2. The molecule has 1 rings (SSSR count). The van der Waals surface area contributed by atoms with E-state index >= 15 is 0 Å². The first kappa shape index (κ1) is 13.6. The fraction of sp³-hybridized carbons (Fsp3) is 0.462. The maximum atomic E-state index is 11.2. The van der Waals surface area contributed by atoms with Crippen LogP contribution in [0.25, 0.3) is 0 Å². The monoisotopic (exact) mass is 328 g/mol. The van der Waals surface area contributed by atoms with Gasteiger partial charge in [-0.05, 0) is 0 Å². The average Bonchev–Trinajstić information content (AvgIpc) is 2.28. The van der Waals surface area contributed by atoms with Crippen molar-refractivity contribution in [3.05, 3.63) is 35.4 Å². The van der Waals surface area contributed by atoms with E-state index in [1.165, 1.54) is 12.7 Å². The minimum atomic E-state index is -0.963. The molecular formula is C13H19O2Sb. The van der Waals surface area contributed by atoms with Gasteiger partial charge in [-0.25, -0.2) is 0 Å². The van der Waals surface area contributed by atoms with Crippen LogP contribution in [-0.2, 0) is 11.2 Å².